The highest BCUT2D eigenvalue weighted by molar-refractivity contribution is 9.10. The van der Waals surface area contributed by atoms with Gasteiger partial charge in [0.15, 0.2) is 5.82 Å². The number of likely N-dealkylation sites (tertiary alicyclic amines) is 1. The summed E-state index contributed by atoms with van der Waals surface area (Å²) >= 11 is 3.46. The van der Waals surface area contributed by atoms with Gasteiger partial charge in [-0.25, -0.2) is 4.79 Å². The highest BCUT2D eigenvalue weighted by Gasteiger charge is 2.42. The smallest absolute Gasteiger partial charge is 0.409 e. The Labute approximate surface area is 184 Å². The third-order valence-corrected chi connectivity index (χ3v) is 6.12. The summed E-state index contributed by atoms with van der Waals surface area (Å²) in [7, 11) is 0. The summed E-state index contributed by atoms with van der Waals surface area (Å²) in [4.78, 5) is 15.6. The maximum atomic E-state index is 12.2. The first-order chi connectivity index (χ1) is 14.6. The number of nitrogens with zero attached hydrogens (tertiary/aromatic N) is 5. The van der Waals surface area contributed by atoms with Crippen molar-refractivity contribution in [2.45, 2.75) is 31.7 Å². The number of benzene rings is 2. The van der Waals surface area contributed by atoms with Gasteiger partial charge < -0.3 is 9.64 Å². The Morgan fingerprint density at radius 1 is 1.10 bits per heavy atom. The molecule has 1 fully saturated rings. The minimum atomic E-state index is -0.373. The van der Waals surface area contributed by atoms with Crippen LogP contribution in [0, 0.1) is 0 Å². The zero-order valence-electron chi connectivity index (χ0n) is 16.9. The van der Waals surface area contributed by atoms with Crippen LogP contribution in [-0.2, 0) is 16.7 Å². The third kappa shape index (κ3) is 4.23. The highest BCUT2D eigenvalue weighted by atomic mass is 79.9. The average Bonchev–Trinajstić information content (AvgIpc) is 3.25. The summed E-state index contributed by atoms with van der Waals surface area (Å²) in [6.07, 6.45) is 1.19. The fraction of sp³-hybridized carbons (Fsp3) is 0.364. The van der Waals surface area contributed by atoms with Gasteiger partial charge in [0.05, 0.1) is 18.6 Å². The average molecular weight is 470 g/mol. The second-order valence-electron chi connectivity index (χ2n) is 7.40. The molecule has 30 heavy (non-hydrogen) atoms. The number of amides is 1. The molecule has 0 atom stereocenters. The SMILES string of the molecule is CCOC(=O)N1CCC(c2ccccc2)(c2nnn(Cc3ccc(Br)cc3)n2)CC1. The zero-order chi connectivity index (χ0) is 21.0. The minimum absolute atomic E-state index is 0.258. The molecule has 0 bridgehead atoms. The van der Waals surface area contributed by atoms with E-state index in [1.807, 2.05) is 49.4 Å². The zero-order valence-corrected chi connectivity index (χ0v) is 18.5. The molecular weight excluding hydrogens is 446 g/mol. The largest absolute Gasteiger partial charge is 0.450 e. The van der Waals surface area contributed by atoms with Crippen LogP contribution in [0.1, 0.15) is 36.7 Å². The molecule has 0 unspecified atom stereocenters. The molecule has 156 valence electrons. The van der Waals surface area contributed by atoms with Crippen LogP contribution in [0.3, 0.4) is 0 Å². The van der Waals surface area contributed by atoms with Crippen LogP contribution in [-0.4, -0.2) is 50.9 Å². The third-order valence-electron chi connectivity index (χ3n) is 5.59. The van der Waals surface area contributed by atoms with Gasteiger partial charge in [-0.15, -0.1) is 10.2 Å². The normalized spacial score (nSPS) is 15.7. The topological polar surface area (TPSA) is 73.1 Å². The van der Waals surface area contributed by atoms with Gasteiger partial charge in [-0.05, 0) is 48.2 Å². The van der Waals surface area contributed by atoms with Crippen molar-refractivity contribution in [3.8, 4) is 0 Å². The van der Waals surface area contributed by atoms with Gasteiger partial charge in [0.1, 0.15) is 0 Å². The summed E-state index contributed by atoms with van der Waals surface area (Å²) < 4.78 is 6.21. The van der Waals surface area contributed by atoms with Crippen molar-refractivity contribution in [2.75, 3.05) is 19.7 Å². The van der Waals surface area contributed by atoms with E-state index in [9.17, 15) is 4.79 Å². The van der Waals surface area contributed by atoms with Crippen LogP contribution in [0.15, 0.2) is 59.1 Å². The van der Waals surface area contributed by atoms with E-state index in [1.165, 1.54) is 0 Å². The van der Waals surface area contributed by atoms with E-state index in [0.717, 1.165) is 28.4 Å². The molecule has 1 aliphatic heterocycles. The number of carbonyl (C=O) groups excluding carboxylic acids is 1. The Morgan fingerprint density at radius 3 is 2.47 bits per heavy atom. The molecule has 0 saturated carbocycles. The number of ether oxygens (including phenoxy) is 1. The minimum Gasteiger partial charge on any atom is -0.450 e. The summed E-state index contributed by atoms with van der Waals surface area (Å²) in [6.45, 7) is 3.94. The van der Waals surface area contributed by atoms with Crippen LogP contribution in [0.25, 0.3) is 0 Å². The highest BCUT2D eigenvalue weighted by Crippen LogP contribution is 2.39. The van der Waals surface area contributed by atoms with Gasteiger partial charge in [-0.1, -0.05) is 58.4 Å². The maximum Gasteiger partial charge on any atom is 0.409 e. The van der Waals surface area contributed by atoms with Crippen LogP contribution < -0.4 is 0 Å². The first kappa shape index (κ1) is 20.5. The standard InChI is InChI=1S/C22H24BrN5O2/c1-2-30-21(29)27-14-12-22(13-15-27,18-6-4-3-5-7-18)20-24-26-28(25-20)16-17-8-10-19(23)11-9-17/h3-11H,2,12-16H2,1H3. The van der Waals surface area contributed by atoms with E-state index >= 15 is 0 Å². The van der Waals surface area contributed by atoms with E-state index in [0.29, 0.717) is 32.1 Å². The number of aromatic nitrogens is 4. The number of hydrogen-bond acceptors (Lipinski definition) is 5. The number of carbonyl (C=O) groups is 1. The summed E-state index contributed by atoms with van der Waals surface area (Å²) in [5, 5.41) is 13.5. The van der Waals surface area contributed by atoms with Crippen LogP contribution in [0.4, 0.5) is 4.79 Å². The van der Waals surface area contributed by atoms with E-state index in [4.69, 9.17) is 9.84 Å². The fourth-order valence-corrected chi connectivity index (χ4v) is 4.20. The molecule has 1 aromatic heterocycles. The lowest BCUT2D eigenvalue weighted by Gasteiger charge is -2.39. The quantitative estimate of drug-likeness (QED) is 0.563. The summed E-state index contributed by atoms with van der Waals surface area (Å²) in [6, 6.07) is 18.4. The molecule has 8 heteroatoms. The molecule has 0 spiro atoms. The Hall–Kier alpha value is -2.74. The first-order valence-electron chi connectivity index (χ1n) is 10.1. The van der Waals surface area contributed by atoms with Gasteiger partial charge in [-0.2, -0.15) is 4.80 Å². The lowest BCUT2D eigenvalue weighted by molar-refractivity contribution is 0.0897. The molecule has 2 heterocycles. The molecule has 3 aromatic rings. The Balaban J connectivity index is 1.59. The molecule has 0 radical (unpaired) electrons. The van der Waals surface area contributed by atoms with Crippen molar-refractivity contribution in [3.05, 3.63) is 76.0 Å². The van der Waals surface area contributed by atoms with E-state index in [1.54, 1.807) is 9.70 Å². The molecule has 0 N–H and O–H groups in total. The molecule has 1 saturated heterocycles. The number of tetrazole rings is 1. The van der Waals surface area contributed by atoms with Gasteiger partial charge in [0.25, 0.3) is 0 Å². The van der Waals surface area contributed by atoms with Gasteiger partial charge in [-0.3, -0.25) is 0 Å². The Bertz CT molecular complexity index is 982. The lowest BCUT2D eigenvalue weighted by atomic mass is 9.72. The van der Waals surface area contributed by atoms with Crippen molar-refractivity contribution in [1.29, 1.82) is 0 Å². The van der Waals surface area contributed by atoms with E-state index in [2.05, 4.69) is 38.4 Å². The Kier molecular flexibility index (Phi) is 6.13. The van der Waals surface area contributed by atoms with Crippen molar-refractivity contribution in [3.63, 3.8) is 0 Å². The monoisotopic (exact) mass is 469 g/mol. The van der Waals surface area contributed by atoms with E-state index in [-0.39, 0.29) is 11.5 Å². The van der Waals surface area contributed by atoms with E-state index < -0.39 is 0 Å². The van der Waals surface area contributed by atoms with Crippen molar-refractivity contribution in [1.82, 2.24) is 25.1 Å². The fourth-order valence-electron chi connectivity index (χ4n) is 3.94. The predicted molar refractivity (Wildman–Crippen MR) is 116 cm³/mol. The molecular formula is C22H24BrN5O2. The van der Waals surface area contributed by atoms with Crippen molar-refractivity contribution >= 4 is 22.0 Å². The molecule has 2 aromatic carbocycles. The number of rotatable bonds is 5. The number of hydrogen-bond donors (Lipinski definition) is 0. The number of piperidine rings is 1. The van der Waals surface area contributed by atoms with Gasteiger partial charge in [0.2, 0.25) is 0 Å². The Morgan fingerprint density at radius 2 is 1.80 bits per heavy atom. The molecule has 1 aliphatic rings. The summed E-state index contributed by atoms with van der Waals surface area (Å²) in [5.41, 5.74) is 1.88. The molecule has 0 aliphatic carbocycles. The lowest BCUT2D eigenvalue weighted by Crippen LogP contribution is -2.46. The van der Waals surface area contributed by atoms with Gasteiger partial charge in [0, 0.05) is 17.6 Å². The molecule has 7 nitrogen and oxygen atoms in total. The van der Waals surface area contributed by atoms with Crippen molar-refractivity contribution < 1.29 is 9.53 Å². The van der Waals surface area contributed by atoms with Crippen LogP contribution in [0.2, 0.25) is 0 Å². The molecule has 4 rings (SSSR count). The first-order valence-corrected chi connectivity index (χ1v) is 10.9. The maximum absolute atomic E-state index is 12.2. The number of halogens is 1. The molecule has 1 amide bonds. The van der Waals surface area contributed by atoms with Crippen LogP contribution >= 0.6 is 15.9 Å². The van der Waals surface area contributed by atoms with Crippen molar-refractivity contribution in [2.24, 2.45) is 0 Å². The predicted octanol–water partition coefficient (Wildman–Crippen LogP) is 4.02. The second-order valence-corrected chi connectivity index (χ2v) is 8.32. The summed E-state index contributed by atoms with van der Waals surface area (Å²) in [5.74, 6) is 0.703. The van der Waals surface area contributed by atoms with Crippen LogP contribution in [0.5, 0.6) is 0 Å². The van der Waals surface area contributed by atoms with Gasteiger partial charge >= 0.3 is 6.09 Å². The second kappa shape index (κ2) is 8.95.